The normalized spacial score (nSPS) is 23.4. The largest absolute Gasteiger partial charge is 0.458 e. The van der Waals surface area contributed by atoms with Crippen LogP contribution >= 0.6 is 0 Å². The van der Waals surface area contributed by atoms with Crippen molar-refractivity contribution < 1.29 is 57.8 Å². The molecule has 0 aromatic heterocycles. The number of nitrogens with one attached hydrogen (secondary N) is 9. The fraction of sp³-hybridized carbons (Fsp3) is 0.673. The average Bonchev–Trinajstić information content (AvgIpc) is 3.35. The van der Waals surface area contributed by atoms with Gasteiger partial charge in [0.2, 0.25) is 47.3 Å². The second-order valence-electron chi connectivity index (χ2n) is 21.5. The Kier molecular flexibility index (Phi) is 27.3. The van der Waals surface area contributed by atoms with Gasteiger partial charge in [-0.3, -0.25) is 43.2 Å². The molecule has 1 fully saturated rings. The van der Waals surface area contributed by atoms with E-state index in [1.54, 1.807) is 99.6 Å². The number of esters is 1. The van der Waals surface area contributed by atoms with Gasteiger partial charge in [0.15, 0.2) is 0 Å². The zero-order chi connectivity index (χ0) is 57.7. The maximum atomic E-state index is 14.8. The van der Waals surface area contributed by atoms with Crippen molar-refractivity contribution >= 4 is 59.1 Å². The molecule has 1 aliphatic heterocycles. The number of allylic oxidation sites excluding steroid dienone is 1. The van der Waals surface area contributed by atoms with Crippen LogP contribution in [0.3, 0.4) is 0 Å². The van der Waals surface area contributed by atoms with Crippen LogP contribution in [0.4, 0.5) is 0 Å². The zero-order valence-corrected chi connectivity index (χ0v) is 47.4. The van der Waals surface area contributed by atoms with Gasteiger partial charge in [0.25, 0.3) is 5.91 Å². The lowest BCUT2D eigenvalue weighted by Gasteiger charge is -2.33. The van der Waals surface area contributed by atoms with Crippen molar-refractivity contribution in [3.63, 3.8) is 0 Å². The van der Waals surface area contributed by atoms with E-state index in [9.17, 15) is 53.1 Å². The summed E-state index contributed by atoms with van der Waals surface area (Å²) < 4.78 is 5.88. The molecule has 76 heavy (non-hydrogen) atoms. The molecule has 0 saturated carbocycles. The summed E-state index contributed by atoms with van der Waals surface area (Å²) in [7, 11) is 0. The molecule has 9 amide bonds. The molecule has 1 heterocycles. The minimum absolute atomic E-state index is 0.00890. The minimum atomic E-state index is -1.78. The molecule has 426 valence electrons. The van der Waals surface area contributed by atoms with Crippen LogP contribution in [0.1, 0.15) is 142 Å². The number of amides is 9. The van der Waals surface area contributed by atoms with Gasteiger partial charge in [-0.1, -0.05) is 139 Å². The number of carbonyl (C=O) groups excluding carboxylic acids is 10. The Morgan fingerprint density at radius 1 is 0.671 bits per heavy atom. The number of aliphatic hydroxyl groups is 1. The lowest BCUT2D eigenvalue weighted by atomic mass is 9.95. The zero-order valence-electron chi connectivity index (χ0n) is 47.4. The van der Waals surface area contributed by atoms with Gasteiger partial charge in [-0.2, -0.15) is 0 Å². The van der Waals surface area contributed by atoms with E-state index in [2.05, 4.69) is 47.9 Å². The van der Waals surface area contributed by atoms with Gasteiger partial charge in [-0.05, 0) is 68.3 Å². The Morgan fingerprint density at radius 3 is 1.76 bits per heavy atom. The van der Waals surface area contributed by atoms with E-state index in [0.29, 0.717) is 30.7 Å². The lowest BCUT2D eigenvalue weighted by molar-refractivity contribution is -0.157. The third-order valence-electron chi connectivity index (χ3n) is 13.6. The van der Waals surface area contributed by atoms with Gasteiger partial charge >= 0.3 is 5.97 Å². The molecule has 0 unspecified atom stereocenters. The monoisotopic (exact) mass is 1070 g/mol. The number of cyclic esters (lactones) is 1. The second-order valence-corrected chi connectivity index (χ2v) is 21.5. The van der Waals surface area contributed by atoms with Crippen molar-refractivity contribution in [2.75, 3.05) is 0 Å². The topological polar surface area (TPSA) is 308 Å². The summed E-state index contributed by atoms with van der Waals surface area (Å²) in [5.74, 6) is -10.7. The van der Waals surface area contributed by atoms with Gasteiger partial charge in [-0.15, -0.1) is 0 Å². The smallest absolute Gasteiger partial charge is 0.329 e. The summed E-state index contributed by atoms with van der Waals surface area (Å²) in [5, 5.41) is 34.8. The molecule has 1 aromatic carbocycles. The first-order chi connectivity index (χ1) is 35.6. The first-order valence-electron chi connectivity index (χ1n) is 26.9. The van der Waals surface area contributed by atoms with Crippen molar-refractivity contribution in [3.05, 3.63) is 47.7 Å². The fourth-order valence-corrected chi connectivity index (χ4v) is 8.25. The van der Waals surface area contributed by atoms with E-state index in [-0.39, 0.29) is 24.4 Å². The summed E-state index contributed by atoms with van der Waals surface area (Å²) in [6, 6.07) is -2.33. The highest BCUT2D eigenvalue weighted by Crippen LogP contribution is 2.17. The van der Waals surface area contributed by atoms with Crippen LogP contribution < -0.4 is 47.9 Å². The Labute approximate surface area is 449 Å². The third-order valence-corrected chi connectivity index (χ3v) is 13.6. The molecular weight excluding hydrogens is 979 g/mol. The number of rotatable bonds is 21. The fourth-order valence-electron chi connectivity index (χ4n) is 8.25. The van der Waals surface area contributed by atoms with Crippen molar-refractivity contribution in [1.29, 1.82) is 0 Å². The summed E-state index contributed by atoms with van der Waals surface area (Å²) in [4.78, 5) is 141. The lowest BCUT2D eigenvalue weighted by Crippen LogP contribution is -2.64. The van der Waals surface area contributed by atoms with Crippen LogP contribution in [-0.2, 0) is 59.1 Å². The van der Waals surface area contributed by atoms with Gasteiger partial charge < -0.3 is 57.7 Å². The Bertz CT molecular complexity index is 2180. The summed E-state index contributed by atoms with van der Waals surface area (Å²) in [6.07, 6.45) is 0.512. The summed E-state index contributed by atoms with van der Waals surface area (Å²) >= 11 is 0. The number of hydrogen-bond donors (Lipinski definition) is 10. The van der Waals surface area contributed by atoms with E-state index >= 15 is 0 Å². The maximum Gasteiger partial charge on any atom is 0.329 e. The molecule has 0 aliphatic carbocycles. The van der Waals surface area contributed by atoms with Crippen LogP contribution in [0.5, 0.6) is 0 Å². The first-order valence-corrected chi connectivity index (χ1v) is 26.9. The van der Waals surface area contributed by atoms with Crippen molar-refractivity contribution in [2.24, 2.45) is 35.5 Å². The van der Waals surface area contributed by atoms with E-state index < -0.39 is 143 Å². The molecule has 1 saturated heterocycles. The van der Waals surface area contributed by atoms with Crippen molar-refractivity contribution in [3.8, 4) is 0 Å². The van der Waals surface area contributed by atoms with Crippen LogP contribution in [0.25, 0.3) is 0 Å². The van der Waals surface area contributed by atoms with Crippen LogP contribution in [0.15, 0.2) is 42.1 Å². The summed E-state index contributed by atoms with van der Waals surface area (Å²) in [6.45, 7) is 25.0. The summed E-state index contributed by atoms with van der Waals surface area (Å²) in [5.41, 5.74) is 0.415. The molecule has 2 rings (SSSR count). The maximum absolute atomic E-state index is 14.8. The van der Waals surface area contributed by atoms with Crippen LogP contribution in [-0.4, -0.2) is 125 Å². The van der Waals surface area contributed by atoms with E-state index in [4.69, 9.17) is 4.74 Å². The minimum Gasteiger partial charge on any atom is -0.458 e. The highest BCUT2D eigenvalue weighted by atomic mass is 16.5. The number of benzene rings is 1. The third kappa shape index (κ3) is 20.3. The Morgan fingerprint density at radius 2 is 1.24 bits per heavy atom. The standard InChI is InChI=1S/C55H89N9O12/c1-16-32(12)43-51(71)59-41(30(8)9)49(69)57-38(27-36-24-20-19-21-25-36)48(68)56-37(18-3)47(67)60-42(31(10)11)55(75)76-35(15)46(54(74)62-43)64-52(72)44(33(13)17-2)61-53(73)45(34(14)65)63-50(70)40(29(6)7)58-39(66)26-22-23-28(4)5/h18-21,24-25,28-35,38,40-46,65H,16-17,22-23,26-27H2,1-15H3,(H,56,68)(H,57,69)(H,58,66)(H,59,71)(H,60,67)(H,61,73)(H,62,74)(H,63,70)(H,64,72)/b37-18-/t32-,33-,34-,35+,38+,40-,41-,42+,43-,44-,45+,46-/m1/s1. The molecule has 0 spiro atoms. The van der Waals surface area contributed by atoms with Crippen LogP contribution in [0.2, 0.25) is 0 Å². The molecule has 1 aliphatic rings. The van der Waals surface area contributed by atoms with E-state index in [0.717, 1.165) is 6.42 Å². The average molecular weight is 1070 g/mol. The van der Waals surface area contributed by atoms with Gasteiger partial charge in [0.1, 0.15) is 60.1 Å². The Balaban J connectivity index is 2.70. The molecule has 21 nitrogen and oxygen atoms in total. The molecule has 0 radical (unpaired) electrons. The van der Waals surface area contributed by atoms with E-state index in [1.165, 1.54) is 26.8 Å². The number of hydrogen-bond acceptors (Lipinski definition) is 12. The van der Waals surface area contributed by atoms with Crippen molar-refractivity contribution in [2.45, 2.75) is 203 Å². The quantitative estimate of drug-likeness (QED) is 0.0627. The van der Waals surface area contributed by atoms with Gasteiger partial charge in [0.05, 0.1) is 6.10 Å². The van der Waals surface area contributed by atoms with Crippen molar-refractivity contribution in [1.82, 2.24) is 47.9 Å². The number of ether oxygens (including phenoxy) is 1. The first kappa shape index (κ1) is 65.7. The predicted molar refractivity (Wildman–Crippen MR) is 287 cm³/mol. The molecular formula is C55H89N9O12. The number of aliphatic hydroxyl groups excluding tert-OH is 1. The second kappa shape index (κ2) is 31.6. The van der Waals surface area contributed by atoms with Crippen LogP contribution in [0, 0.1) is 35.5 Å². The van der Waals surface area contributed by atoms with Gasteiger partial charge in [-0.25, -0.2) is 4.79 Å². The Hall–Kier alpha value is -6.38. The van der Waals surface area contributed by atoms with E-state index in [1.807, 2.05) is 13.8 Å². The van der Waals surface area contributed by atoms with Gasteiger partial charge in [0, 0.05) is 12.8 Å². The molecule has 10 N–H and O–H groups in total. The highest BCUT2D eigenvalue weighted by Gasteiger charge is 2.41. The molecule has 1 aromatic rings. The SMILES string of the molecule is C/C=C1\NC(=O)[C@H](Cc2ccccc2)NC(=O)[C@@H](C(C)C)NC(=O)[C@@H]([C@H](C)CC)NC(=O)[C@H](NC(=O)[C@H](NC(=O)[C@@H](NC(=O)[C@H](NC(=O)CCCC(C)C)C(C)C)[C@@H](C)O)[C@H](C)CC)[C@H](C)OC(=O)[C@H](C(C)C)NC1=O. The molecule has 0 bridgehead atoms. The number of carbonyl (C=O) groups is 10. The highest BCUT2D eigenvalue weighted by molar-refractivity contribution is 6.02. The molecule has 21 heteroatoms. The molecule has 12 atom stereocenters. The predicted octanol–water partition coefficient (Wildman–Crippen LogP) is 2.34.